The average molecular weight is 543 g/mol. The predicted octanol–water partition coefficient (Wildman–Crippen LogP) is 8.67. The molecule has 0 aromatic heterocycles. The van der Waals surface area contributed by atoms with E-state index in [1.807, 2.05) is 0 Å². The number of aliphatic imine (C=N–C) groups is 1. The third-order valence-corrected chi connectivity index (χ3v) is 8.44. The zero-order chi connectivity index (χ0) is 29.1. The first-order valence-electron chi connectivity index (χ1n) is 14.6. The molecule has 0 amide bonds. The fraction of sp³-hybridized carbons (Fsp3) is 0.270. The largest absolute Gasteiger partial charge is 0.321 e. The topological polar surface area (TPSA) is 22.1 Å². The highest BCUT2D eigenvalue weighted by Crippen LogP contribution is 2.36. The highest BCUT2D eigenvalue weighted by atomic mass is 15.2. The van der Waals surface area contributed by atoms with Crippen molar-refractivity contribution in [1.82, 2.24) is 4.90 Å². The predicted molar refractivity (Wildman–Crippen MR) is 176 cm³/mol. The summed E-state index contributed by atoms with van der Waals surface area (Å²) >= 11 is 0. The molecule has 41 heavy (non-hydrogen) atoms. The summed E-state index contributed by atoms with van der Waals surface area (Å²) < 4.78 is 0. The van der Waals surface area contributed by atoms with Crippen LogP contribution in [0.5, 0.6) is 0 Å². The quantitative estimate of drug-likeness (QED) is 0.298. The van der Waals surface area contributed by atoms with Crippen molar-refractivity contribution in [2.24, 2.45) is 4.99 Å². The fourth-order valence-corrected chi connectivity index (χ4v) is 5.84. The lowest BCUT2D eigenvalue weighted by Crippen LogP contribution is -2.42. The SMILES string of the molecule is C=C(C)N(C1=C(C)CCN(C)C1C)c1ccc(N2CC(/C(C)=C/C)=C(c3ccccc3)N=C2c2ccccc2)cc1. The zero-order valence-corrected chi connectivity index (χ0v) is 25.4. The molecular formula is C37H42N4. The van der Waals surface area contributed by atoms with E-state index in [1.54, 1.807) is 0 Å². The number of nitrogens with zero attached hydrogens (tertiary/aromatic N) is 4. The highest BCUT2D eigenvalue weighted by Gasteiger charge is 2.29. The summed E-state index contributed by atoms with van der Waals surface area (Å²) in [5.74, 6) is 0.961. The molecule has 2 heterocycles. The Morgan fingerprint density at radius 2 is 1.54 bits per heavy atom. The Balaban J connectivity index is 1.59. The van der Waals surface area contributed by atoms with Gasteiger partial charge in [-0.1, -0.05) is 78.9 Å². The number of hydrogen-bond donors (Lipinski definition) is 0. The molecule has 0 N–H and O–H groups in total. The van der Waals surface area contributed by atoms with Gasteiger partial charge in [0.15, 0.2) is 0 Å². The maximum Gasteiger partial charge on any atom is 0.141 e. The molecule has 1 atom stereocenters. The Bertz CT molecular complexity index is 1520. The second-order valence-electron chi connectivity index (χ2n) is 11.2. The van der Waals surface area contributed by atoms with Gasteiger partial charge in [0.1, 0.15) is 5.84 Å². The van der Waals surface area contributed by atoms with Crippen LogP contribution in [0.15, 0.2) is 131 Å². The van der Waals surface area contributed by atoms with E-state index in [4.69, 9.17) is 4.99 Å². The van der Waals surface area contributed by atoms with Gasteiger partial charge in [-0.3, -0.25) is 4.90 Å². The van der Waals surface area contributed by atoms with Crippen molar-refractivity contribution in [2.75, 3.05) is 29.9 Å². The molecule has 4 heteroatoms. The lowest BCUT2D eigenvalue weighted by atomic mass is 9.96. The minimum atomic E-state index is 0.326. The molecule has 3 aromatic carbocycles. The summed E-state index contributed by atoms with van der Waals surface area (Å²) in [5.41, 5.74) is 11.8. The van der Waals surface area contributed by atoms with Crippen molar-refractivity contribution in [3.8, 4) is 0 Å². The van der Waals surface area contributed by atoms with E-state index < -0.39 is 0 Å². The van der Waals surface area contributed by atoms with Crippen molar-refractivity contribution in [1.29, 1.82) is 0 Å². The third kappa shape index (κ3) is 5.71. The van der Waals surface area contributed by atoms with Crippen LogP contribution in [0.4, 0.5) is 11.4 Å². The molecular weight excluding hydrogens is 500 g/mol. The molecule has 5 rings (SSSR count). The Labute approximate surface area is 246 Å². The Kier molecular flexibility index (Phi) is 8.41. The van der Waals surface area contributed by atoms with Crippen LogP contribution in [0, 0.1) is 0 Å². The van der Waals surface area contributed by atoms with Crippen LogP contribution in [0.2, 0.25) is 0 Å². The second kappa shape index (κ2) is 12.2. The lowest BCUT2D eigenvalue weighted by Gasteiger charge is -2.40. The number of likely N-dealkylation sites (N-methyl/N-ethyl adjacent to an activating group) is 1. The van der Waals surface area contributed by atoms with Crippen LogP contribution in [-0.2, 0) is 0 Å². The summed E-state index contributed by atoms with van der Waals surface area (Å²) in [6.07, 6.45) is 3.26. The van der Waals surface area contributed by atoms with Gasteiger partial charge < -0.3 is 9.80 Å². The standard InChI is InChI=1S/C37H42N4/c1-8-27(4)34-25-40(37(31-17-13-10-14-18-31)38-35(34)30-15-11-9-12-16-30)32-19-21-33(22-20-32)41(26(2)3)36-28(5)23-24-39(7)29(36)6/h8-22,29H,2,23-25H2,1,3-7H3/b27-8+. The molecule has 2 aliphatic heterocycles. The first kappa shape index (κ1) is 28.4. The minimum Gasteiger partial charge on any atom is -0.321 e. The monoisotopic (exact) mass is 542 g/mol. The molecule has 2 aliphatic rings. The van der Waals surface area contributed by atoms with Gasteiger partial charge in [0.2, 0.25) is 0 Å². The fourth-order valence-electron chi connectivity index (χ4n) is 5.84. The van der Waals surface area contributed by atoms with Crippen molar-refractivity contribution >= 4 is 22.9 Å². The average Bonchev–Trinajstić information content (AvgIpc) is 3.01. The van der Waals surface area contributed by atoms with Gasteiger partial charge in [0, 0.05) is 52.1 Å². The van der Waals surface area contributed by atoms with E-state index >= 15 is 0 Å². The van der Waals surface area contributed by atoms with Crippen molar-refractivity contribution in [3.63, 3.8) is 0 Å². The molecule has 4 nitrogen and oxygen atoms in total. The first-order valence-corrected chi connectivity index (χ1v) is 14.6. The van der Waals surface area contributed by atoms with Gasteiger partial charge in [0.25, 0.3) is 0 Å². The van der Waals surface area contributed by atoms with Crippen LogP contribution in [0.25, 0.3) is 5.70 Å². The van der Waals surface area contributed by atoms with E-state index in [1.165, 1.54) is 22.4 Å². The number of hydrogen-bond acceptors (Lipinski definition) is 4. The normalized spacial score (nSPS) is 18.5. The van der Waals surface area contributed by atoms with Gasteiger partial charge in [-0.05, 0) is 77.9 Å². The number of amidine groups is 1. The summed E-state index contributed by atoms with van der Waals surface area (Å²) in [4.78, 5) is 12.5. The minimum absolute atomic E-state index is 0.326. The van der Waals surface area contributed by atoms with Crippen LogP contribution in [-0.4, -0.2) is 36.9 Å². The van der Waals surface area contributed by atoms with Crippen LogP contribution >= 0.6 is 0 Å². The van der Waals surface area contributed by atoms with E-state index in [2.05, 4.69) is 154 Å². The first-order chi connectivity index (χ1) is 19.8. The molecule has 3 aromatic rings. The molecule has 0 aliphatic carbocycles. The lowest BCUT2D eigenvalue weighted by molar-refractivity contribution is 0.269. The molecule has 0 saturated carbocycles. The van der Waals surface area contributed by atoms with Crippen molar-refractivity contribution in [2.45, 2.75) is 47.1 Å². The van der Waals surface area contributed by atoms with Gasteiger partial charge in [-0.2, -0.15) is 0 Å². The summed E-state index contributed by atoms with van der Waals surface area (Å²) in [6.45, 7) is 17.1. The number of rotatable bonds is 7. The Morgan fingerprint density at radius 1 is 0.927 bits per heavy atom. The van der Waals surface area contributed by atoms with Crippen LogP contribution < -0.4 is 9.80 Å². The van der Waals surface area contributed by atoms with E-state index in [0.29, 0.717) is 6.04 Å². The molecule has 0 bridgehead atoms. The smallest absolute Gasteiger partial charge is 0.141 e. The Morgan fingerprint density at radius 3 is 2.12 bits per heavy atom. The molecule has 0 radical (unpaired) electrons. The number of anilines is 2. The molecule has 0 fully saturated rings. The van der Waals surface area contributed by atoms with Crippen molar-refractivity contribution < 1.29 is 0 Å². The van der Waals surface area contributed by atoms with Crippen LogP contribution in [0.3, 0.4) is 0 Å². The summed E-state index contributed by atoms with van der Waals surface area (Å²) in [5, 5.41) is 0. The Hall–Kier alpha value is -4.15. The molecule has 1 unspecified atom stereocenters. The van der Waals surface area contributed by atoms with Gasteiger partial charge in [-0.15, -0.1) is 0 Å². The second-order valence-corrected chi connectivity index (χ2v) is 11.2. The number of allylic oxidation sites excluding steroid dienone is 2. The maximum atomic E-state index is 5.36. The zero-order valence-electron chi connectivity index (χ0n) is 25.4. The molecule has 0 saturated heterocycles. The summed E-state index contributed by atoms with van der Waals surface area (Å²) in [6, 6.07) is 30.3. The van der Waals surface area contributed by atoms with Gasteiger partial charge in [0.05, 0.1) is 12.2 Å². The molecule has 210 valence electrons. The van der Waals surface area contributed by atoms with Crippen LogP contribution in [0.1, 0.15) is 52.2 Å². The maximum absolute atomic E-state index is 5.36. The van der Waals surface area contributed by atoms with Gasteiger partial charge >= 0.3 is 0 Å². The third-order valence-electron chi connectivity index (χ3n) is 8.44. The molecule has 0 spiro atoms. The van der Waals surface area contributed by atoms with E-state index in [0.717, 1.165) is 59.2 Å². The summed E-state index contributed by atoms with van der Waals surface area (Å²) in [7, 11) is 2.21. The van der Waals surface area contributed by atoms with Gasteiger partial charge in [-0.25, -0.2) is 4.99 Å². The van der Waals surface area contributed by atoms with Crippen molar-refractivity contribution in [3.05, 3.63) is 137 Å². The highest BCUT2D eigenvalue weighted by molar-refractivity contribution is 6.14. The number of benzene rings is 3. The van der Waals surface area contributed by atoms with E-state index in [-0.39, 0.29) is 0 Å². The van der Waals surface area contributed by atoms with E-state index in [9.17, 15) is 0 Å².